The zero-order valence-electron chi connectivity index (χ0n) is 26.3. The number of nitrogens with zero attached hydrogens (tertiary/aromatic N) is 4. The molecule has 6 rings (SSSR count). The third-order valence-corrected chi connectivity index (χ3v) is 12.2. The van der Waals surface area contributed by atoms with Crippen molar-refractivity contribution in [2.75, 3.05) is 0 Å². The van der Waals surface area contributed by atoms with E-state index in [1.165, 1.54) is 11.8 Å². The van der Waals surface area contributed by atoms with Crippen molar-refractivity contribution in [3.8, 4) is 0 Å². The topological polar surface area (TPSA) is 131 Å². The predicted octanol–water partition coefficient (Wildman–Crippen LogP) is 4.04. The fourth-order valence-electron chi connectivity index (χ4n) is 7.28. The Bertz CT molecular complexity index is 1780. The second kappa shape index (κ2) is 12.5. The second-order valence-electron chi connectivity index (χ2n) is 12.5. The van der Waals surface area contributed by atoms with E-state index in [2.05, 4.69) is 39.8 Å². The normalized spacial score (nSPS) is 30.8. The molecule has 0 aliphatic carbocycles. The van der Waals surface area contributed by atoms with Crippen LogP contribution in [0.2, 0.25) is 0 Å². The number of carboxylic acids is 2. The van der Waals surface area contributed by atoms with Crippen molar-refractivity contribution >= 4 is 54.6 Å². The van der Waals surface area contributed by atoms with Gasteiger partial charge >= 0.3 is 29.0 Å². The summed E-state index contributed by atoms with van der Waals surface area (Å²) in [6.45, 7) is 12.8. The van der Waals surface area contributed by atoms with E-state index >= 15 is 0 Å². The fourth-order valence-corrected chi connectivity index (χ4v) is 9.25. The van der Waals surface area contributed by atoms with Crippen molar-refractivity contribution in [1.82, 2.24) is 9.97 Å². The van der Waals surface area contributed by atoms with Crippen molar-refractivity contribution < 1.29 is 36.9 Å². The molecular weight excluding hydrogens is 648 g/mol. The summed E-state index contributed by atoms with van der Waals surface area (Å²) in [5.41, 5.74) is 9.01. The molecule has 2 aromatic heterocycles. The van der Waals surface area contributed by atoms with E-state index in [4.69, 9.17) is 33.2 Å². The first-order valence-electron chi connectivity index (χ1n) is 15.3. The van der Waals surface area contributed by atoms with Crippen molar-refractivity contribution in [3.05, 3.63) is 83.7 Å². The maximum Gasteiger partial charge on any atom is 4.00 e. The number of carbonyl (C=O) groups is 2. The molecule has 6 heterocycles. The summed E-state index contributed by atoms with van der Waals surface area (Å²) in [6, 6.07) is -0.00821. The van der Waals surface area contributed by atoms with Gasteiger partial charge in [0.1, 0.15) is 0 Å². The molecule has 4 aliphatic rings. The van der Waals surface area contributed by atoms with E-state index in [1.54, 1.807) is 0 Å². The number of aliphatic carboxylic acids is 2. The minimum Gasteiger partial charge on any atom is -0.677 e. The molecule has 2 saturated heterocycles. The van der Waals surface area contributed by atoms with Crippen molar-refractivity contribution in [3.63, 3.8) is 0 Å². The van der Waals surface area contributed by atoms with Gasteiger partial charge < -0.3 is 30.8 Å². The predicted molar refractivity (Wildman–Crippen MR) is 180 cm³/mol. The van der Waals surface area contributed by atoms with Gasteiger partial charge in [-0.25, -0.2) is 0 Å². The quantitative estimate of drug-likeness (QED) is 0.174. The Balaban J connectivity index is 0.00000400. The number of thiol groups is 2. The van der Waals surface area contributed by atoms with Crippen LogP contribution in [0.1, 0.15) is 74.2 Å². The summed E-state index contributed by atoms with van der Waals surface area (Å²) in [6.07, 6.45) is 8.87. The van der Waals surface area contributed by atoms with Gasteiger partial charge in [-0.1, -0.05) is 59.9 Å². The molecule has 2 unspecified atom stereocenters. The molecule has 238 valence electrons. The van der Waals surface area contributed by atoms with E-state index in [0.29, 0.717) is 29.1 Å². The Morgan fingerprint density at radius 3 is 2.18 bits per heavy atom. The molecule has 0 amide bonds. The van der Waals surface area contributed by atoms with Crippen LogP contribution >= 0.6 is 12.6 Å². The SMILES string of the molecule is Cc1c2[n-]c(c1CCC(=O)O)/C=c1\[n-]/c(c(C)c1CCC(=O)O)=C\C1=C([C@H](C)S)[C@@H](C)/C(=C/C3[N-]/C(=C\2)C(C)[C@]32[SH+][C@H]2C)[N-]1.[Fe+4]. The third kappa shape index (κ3) is 5.86. The molecule has 0 aromatic carbocycles. The largest absolute Gasteiger partial charge is 4.00 e. The standard InChI is InChI=1S/C34H38N4O4S2.Fe/c1-15-21(7-9-31(39)40)27-13-28-22(8-10-32(41)42)16(2)24(36-28)12-29-33(19(5)43)17(3)25(37-29)14-30-34(20(6)44-34)18(4)26(38-30)11-23(15)35-27;/h11-14,17-20,30,43H,7-10H2,1-6H3,(H,39,40)(H,41,42);/q-4;+4/p+1/b24-12-,25-14-,26-11-,28-13-;/t17-,18?,19-,20-,30?,34+;/m0./s1. The maximum absolute atomic E-state index is 11.6. The van der Waals surface area contributed by atoms with Crippen LogP contribution < -0.4 is 20.7 Å². The number of fused-ring (bicyclic) bond motifs is 9. The van der Waals surface area contributed by atoms with Gasteiger partial charge in [-0.3, -0.25) is 9.59 Å². The van der Waals surface area contributed by atoms with E-state index in [1.807, 2.05) is 26.0 Å². The number of hydrogen-bond acceptors (Lipinski definition) is 3. The minimum absolute atomic E-state index is 0. The molecule has 45 heavy (non-hydrogen) atoms. The van der Waals surface area contributed by atoms with E-state index < -0.39 is 11.9 Å². The summed E-state index contributed by atoms with van der Waals surface area (Å²) in [5.74, 6) is -1.44. The van der Waals surface area contributed by atoms with Crippen LogP contribution in [0.3, 0.4) is 0 Å². The molecular formula is C34H39FeN4O4S2+. The van der Waals surface area contributed by atoms with Gasteiger partial charge in [-0.2, -0.15) is 24.0 Å². The smallest absolute Gasteiger partial charge is 0.677 e. The number of hydrogen-bond donors (Lipinski definition) is 3. The minimum atomic E-state index is -0.878. The Morgan fingerprint density at radius 2 is 1.58 bits per heavy atom. The molecule has 8 nitrogen and oxygen atoms in total. The number of carboxylic acid groups (broad SMARTS) is 2. The van der Waals surface area contributed by atoms with Crippen LogP contribution in [0.5, 0.6) is 0 Å². The van der Waals surface area contributed by atoms with Gasteiger partial charge in [0.05, 0.1) is 0 Å². The van der Waals surface area contributed by atoms with E-state index in [0.717, 1.165) is 56.0 Å². The average molecular weight is 688 g/mol. The van der Waals surface area contributed by atoms with Crippen molar-refractivity contribution in [2.45, 2.75) is 88.5 Å². The number of allylic oxidation sites excluding steroid dienone is 3. The zero-order chi connectivity index (χ0) is 31.7. The molecule has 11 heteroatoms. The monoisotopic (exact) mass is 687 g/mol. The number of rotatable bonds is 7. The molecule has 6 atom stereocenters. The van der Waals surface area contributed by atoms with Gasteiger partial charge in [0.15, 0.2) is 10.00 Å². The van der Waals surface area contributed by atoms with Crippen LogP contribution in [-0.2, 0) is 51.3 Å². The van der Waals surface area contributed by atoms with Crippen molar-refractivity contribution in [2.24, 2.45) is 11.8 Å². The molecule has 0 radical (unpaired) electrons. The Kier molecular flexibility index (Phi) is 9.32. The van der Waals surface area contributed by atoms with Gasteiger partial charge in [-0.05, 0) is 64.3 Å². The van der Waals surface area contributed by atoms with Crippen LogP contribution in [-0.4, -0.2) is 43.4 Å². The van der Waals surface area contributed by atoms with E-state index in [-0.39, 0.29) is 57.8 Å². The van der Waals surface area contributed by atoms with Gasteiger partial charge in [0.2, 0.25) is 0 Å². The third-order valence-electron chi connectivity index (χ3n) is 9.94. The molecule has 2 N–H and O–H groups in total. The fraction of sp³-hybridized carbons (Fsp3) is 0.471. The number of aromatic nitrogens is 2. The summed E-state index contributed by atoms with van der Waals surface area (Å²) >= 11 is 6.24. The summed E-state index contributed by atoms with van der Waals surface area (Å²) in [4.78, 5) is 33.2. The van der Waals surface area contributed by atoms with Crippen LogP contribution in [0.25, 0.3) is 28.9 Å². The summed E-state index contributed by atoms with van der Waals surface area (Å²) in [7, 11) is 0. The molecule has 2 aromatic rings. The second-order valence-corrected chi connectivity index (χ2v) is 15.1. The van der Waals surface area contributed by atoms with Crippen LogP contribution in [0.15, 0.2) is 28.7 Å². The average Bonchev–Trinajstić information content (AvgIpc) is 3.08. The van der Waals surface area contributed by atoms with Gasteiger partial charge in [-0.15, -0.1) is 33.9 Å². The molecule has 0 saturated carbocycles. The van der Waals surface area contributed by atoms with Gasteiger partial charge in [0.25, 0.3) is 0 Å². The first kappa shape index (κ1) is 33.6. The molecule has 8 bridgehead atoms. The maximum atomic E-state index is 11.6. The van der Waals surface area contributed by atoms with Crippen LogP contribution in [0.4, 0.5) is 0 Å². The Hall–Kier alpha value is -2.72. The van der Waals surface area contributed by atoms with Gasteiger partial charge in [0, 0.05) is 24.0 Å². The molecule has 2 fully saturated rings. The molecule has 4 aliphatic heterocycles. The summed E-state index contributed by atoms with van der Waals surface area (Å²) < 4.78 is 0.0280. The first-order valence-corrected chi connectivity index (χ1v) is 16.7. The first-order chi connectivity index (χ1) is 20.8. The van der Waals surface area contributed by atoms with Crippen molar-refractivity contribution in [1.29, 1.82) is 0 Å². The Labute approximate surface area is 284 Å². The van der Waals surface area contributed by atoms with Crippen LogP contribution in [0, 0.1) is 25.7 Å². The summed E-state index contributed by atoms with van der Waals surface area (Å²) in [5, 5.41) is 31.4. The zero-order valence-corrected chi connectivity index (χ0v) is 29.2. The Morgan fingerprint density at radius 1 is 0.933 bits per heavy atom. The van der Waals surface area contributed by atoms with E-state index in [9.17, 15) is 19.8 Å². The molecule has 1 spiro atoms.